The molecule has 2 aromatic heterocycles. The van der Waals surface area contributed by atoms with Gasteiger partial charge in [-0.1, -0.05) is 37.3 Å². The molecule has 4 rings (SSSR count). The van der Waals surface area contributed by atoms with Gasteiger partial charge < -0.3 is 10.6 Å². The van der Waals surface area contributed by atoms with E-state index in [-0.39, 0.29) is 0 Å². The van der Waals surface area contributed by atoms with E-state index < -0.39 is 0 Å². The average molecular weight is 361 g/mol. The summed E-state index contributed by atoms with van der Waals surface area (Å²) in [6.07, 6.45) is 1.76. The number of hydrogen-bond donors (Lipinski definition) is 2. The van der Waals surface area contributed by atoms with E-state index in [0.29, 0.717) is 11.9 Å². The van der Waals surface area contributed by atoms with Gasteiger partial charge >= 0.3 is 0 Å². The first-order valence-electron chi connectivity index (χ1n) is 8.50. The standard InChI is InChI=1S/C20H19N5S/c1-14(15-5-3-2-4-6-15)12-22-19-9-10-21-20(25-19)24-16-7-8-17-18(11-16)26-13-23-17/h2-11,13-14H,12H2,1H3,(H2,21,22,24,25)/t14-/m1/s1. The molecule has 130 valence electrons. The van der Waals surface area contributed by atoms with Gasteiger partial charge in [-0.25, -0.2) is 9.97 Å². The van der Waals surface area contributed by atoms with E-state index in [1.807, 2.05) is 29.8 Å². The zero-order chi connectivity index (χ0) is 17.8. The number of thiazole rings is 1. The van der Waals surface area contributed by atoms with Crippen molar-refractivity contribution in [1.82, 2.24) is 15.0 Å². The number of fused-ring (bicyclic) bond motifs is 1. The van der Waals surface area contributed by atoms with Crippen molar-refractivity contribution in [3.63, 3.8) is 0 Å². The molecule has 0 radical (unpaired) electrons. The van der Waals surface area contributed by atoms with Gasteiger partial charge in [-0.15, -0.1) is 11.3 Å². The van der Waals surface area contributed by atoms with Crippen molar-refractivity contribution in [3.8, 4) is 0 Å². The first kappa shape index (κ1) is 16.5. The highest BCUT2D eigenvalue weighted by molar-refractivity contribution is 7.16. The van der Waals surface area contributed by atoms with Crippen LogP contribution in [0.2, 0.25) is 0 Å². The maximum absolute atomic E-state index is 4.56. The Morgan fingerprint density at radius 3 is 2.81 bits per heavy atom. The molecule has 1 atom stereocenters. The van der Waals surface area contributed by atoms with Crippen LogP contribution in [-0.2, 0) is 0 Å². The third-order valence-corrected chi connectivity index (χ3v) is 4.99. The summed E-state index contributed by atoms with van der Waals surface area (Å²) in [7, 11) is 0. The number of benzene rings is 2. The smallest absolute Gasteiger partial charge is 0.229 e. The highest BCUT2D eigenvalue weighted by Gasteiger charge is 2.06. The van der Waals surface area contributed by atoms with Crippen molar-refractivity contribution in [3.05, 3.63) is 71.9 Å². The monoisotopic (exact) mass is 361 g/mol. The molecule has 0 aliphatic heterocycles. The highest BCUT2D eigenvalue weighted by atomic mass is 32.1. The molecule has 6 heteroatoms. The Morgan fingerprint density at radius 2 is 1.92 bits per heavy atom. The van der Waals surface area contributed by atoms with E-state index >= 15 is 0 Å². The zero-order valence-electron chi connectivity index (χ0n) is 14.4. The summed E-state index contributed by atoms with van der Waals surface area (Å²) in [5.74, 6) is 1.78. The van der Waals surface area contributed by atoms with Crippen LogP contribution in [0.4, 0.5) is 17.5 Å². The molecule has 26 heavy (non-hydrogen) atoms. The van der Waals surface area contributed by atoms with Gasteiger partial charge in [-0.05, 0) is 35.7 Å². The molecule has 0 unspecified atom stereocenters. The molecule has 0 spiro atoms. The fraction of sp³-hybridized carbons (Fsp3) is 0.150. The maximum Gasteiger partial charge on any atom is 0.229 e. The van der Waals surface area contributed by atoms with E-state index in [0.717, 1.165) is 28.3 Å². The summed E-state index contributed by atoms with van der Waals surface area (Å²) < 4.78 is 1.14. The second-order valence-electron chi connectivity index (χ2n) is 6.12. The van der Waals surface area contributed by atoms with Crippen LogP contribution in [0.5, 0.6) is 0 Å². The number of anilines is 3. The van der Waals surface area contributed by atoms with E-state index in [2.05, 4.69) is 62.8 Å². The van der Waals surface area contributed by atoms with Crippen LogP contribution in [0.25, 0.3) is 10.2 Å². The number of aromatic nitrogens is 3. The minimum atomic E-state index is 0.399. The number of nitrogens with zero attached hydrogens (tertiary/aromatic N) is 3. The molecular formula is C20H19N5S. The van der Waals surface area contributed by atoms with Gasteiger partial charge in [0.25, 0.3) is 0 Å². The van der Waals surface area contributed by atoms with Gasteiger partial charge in [0.15, 0.2) is 0 Å². The molecule has 0 amide bonds. The summed E-state index contributed by atoms with van der Waals surface area (Å²) in [5.41, 5.74) is 5.12. The molecule has 0 saturated carbocycles. The van der Waals surface area contributed by atoms with Gasteiger partial charge in [-0.3, -0.25) is 0 Å². The van der Waals surface area contributed by atoms with Crippen LogP contribution in [0.1, 0.15) is 18.4 Å². The minimum absolute atomic E-state index is 0.399. The zero-order valence-corrected chi connectivity index (χ0v) is 15.2. The second kappa shape index (κ2) is 7.49. The lowest BCUT2D eigenvalue weighted by Crippen LogP contribution is -2.11. The molecule has 0 aliphatic rings. The third-order valence-electron chi connectivity index (χ3n) is 4.20. The molecule has 0 saturated heterocycles. The molecule has 0 aliphatic carbocycles. The van der Waals surface area contributed by atoms with Crippen LogP contribution in [0, 0.1) is 0 Å². The first-order chi connectivity index (χ1) is 12.8. The fourth-order valence-corrected chi connectivity index (χ4v) is 3.45. The van der Waals surface area contributed by atoms with Crippen LogP contribution < -0.4 is 10.6 Å². The maximum atomic E-state index is 4.56. The van der Waals surface area contributed by atoms with Crippen LogP contribution >= 0.6 is 11.3 Å². The van der Waals surface area contributed by atoms with E-state index in [9.17, 15) is 0 Å². The van der Waals surface area contributed by atoms with Crippen LogP contribution in [0.3, 0.4) is 0 Å². The Hall–Kier alpha value is -2.99. The first-order valence-corrected chi connectivity index (χ1v) is 9.38. The van der Waals surface area contributed by atoms with Crippen molar-refractivity contribution >= 4 is 39.0 Å². The minimum Gasteiger partial charge on any atom is -0.369 e. The van der Waals surface area contributed by atoms with Gasteiger partial charge in [0.05, 0.1) is 15.7 Å². The molecule has 0 bridgehead atoms. The predicted molar refractivity (Wildman–Crippen MR) is 108 cm³/mol. The Balaban J connectivity index is 1.43. The van der Waals surface area contributed by atoms with Crippen molar-refractivity contribution in [2.45, 2.75) is 12.8 Å². The van der Waals surface area contributed by atoms with E-state index in [1.165, 1.54) is 5.56 Å². The summed E-state index contributed by atoms with van der Waals surface area (Å²) >= 11 is 1.62. The van der Waals surface area contributed by atoms with E-state index in [1.54, 1.807) is 17.5 Å². The van der Waals surface area contributed by atoms with Crippen molar-refractivity contribution in [1.29, 1.82) is 0 Å². The molecule has 2 N–H and O–H groups in total. The normalized spacial score (nSPS) is 12.0. The van der Waals surface area contributed by atoms with Crippen molar-refractivity contribution in [2.24, 2.45) is 0 Å². The molecule has 2 aromatic carbocycles. The number of nitrogens with one attached hydrogen (secondary N) is 2. The fourth-order valence-electron chi connectivity index (χ4n) is 2.74. The third kappa shape index (κ3) is 3.81. The lowest BCUT2D eigenvalue weighted by Gasteiger charge is -2.14. The summed E-state index contributed by atoms with van der Waals surface area (Å²) in [5, 5.41) is 6.66. The summed E-state index contributed by atoms with van der Waals surface area (Å²) in [6.45, 7) is 3.01. The largest absolute Gasteiger partial charge is 0.369 e. The molecule has 4 aromatic rings. The lowest BCUT2D eigenvalue weighted by atomic mass is 10.0. The highest BCUT2D eigenvalue weighted by Crippen LogP contribution is 2.23. The number of rotatable bonds is 6. The quantitative estimate of drug-likeness (QED) is 0.503. The van der Waals surface area contributed by atoms with Gasteiger partial charge in [0.1, 0.15) is 5.82 Å². The van der Waals surface area contributed by atoms with Crippen LogP contribution in [-0.4, -0.2) is 21.5 Å². The molecular weight excluding hydrogens is 342 g/mol. The second-order valence-corrected chi connectivity index (χ2v) is 7.00. The molecule has 2 heterocycles. The van der Waals surface area contributed by atoms with Gasteiger partial charge in [0, 0.05) is 18.4 Å². The van der Waals surface area contributed by atoms with Gasteiger partial charge in [0.2, 0.25) is 5.95 Å². The lowest BCUT2D eigenvalue weighted by molar-refractivity contribution is 0.801. The Kier molecular flexibility index (Phi) is 4.75. The van der Waals surface area contributed by atoms with E-state index in [4.69, 9.17) is 0 Å². The van der Waals surface area contributed by atoms with Crippen LogP contribution in [0.15, 0.2) is 66.3 Å². The molecule has 5 nitrogen and oxygen atoms in total. The predicted octanol–water partition coefficient (Wildman–Crippen LogP) is 5.05. The Labute approximate surface area is 156 Å². The molecule has 0 fully saturated rings. The summed E-state index contributed by atoms with van der Waals surface area (Å²) in [4.78, 5) is 13.2. The summed E-state index contributed by atoms with van der Waals surface area (Å²) in [6, 6.07) is 18.4. The Bertz CT molecular complexity index is 999. The van der Waals surface area contributed by atoms with Crippen molar-refractivity contribution in [2.75, 3.05) is 17.2 Å². The topological polar surface area (TPSA) is 62.7 Å². The number of hydrogen-bond acceptors (Lipinski definition) is 6. The average Bonchev–Trinajstić information content (AvgIpc) is 3.15. The SMILES string of the molecule is C[C@H](CNc1ccnc(Nc2ccc3ncsc3c2)n1)c1ccccc1. The van der Waals surface area contributed by atoms with Crippen molar-refractivity contribution < 1.29 is 0 Å². The van der Waals surface area contributed by atoms with Gasteiger partial charge in [-0.2, -0.15) is 4.98 Å². The Morgan fingerprint density at radius 1 is 1.04 bits per heavy atom.